The Labute approximate surface area is 113 Å². The van der Waals surface area contributed by atoms with Crippen molar-refractivity contribution in [3.05, 3.63) is 35.6 Å². The molecule has 19 heavy (non-hydrogen) atoms. The third-order valence-electron chi connectivity index (χ3n) is 4.27. The minimum atomic E-state index is -0.182. The second-order valence-corrected chi connectivity index (χ2v) is 5.62. The first-order valence-electron chi connectivity index (χ1n) is 7.31. The van der Waals surface area contributed by atoms with E-state index in [-0.39, 0.29) is 11.9 Å². The standard InChI is InChI=1S/C16H21FO2/c17-14-5-3-4-12(10-14)16-8-7-13(11-19-16)15-6-1-2-9-18-15/h3-5,10,13,15-16H,1-2,6-9,11H2. The van der Waals surface area contributed by atoms with E-state index in [2.05, 4.69) is 0 Å². The number of halogens is 1. The number of ether oxygens (including phenoxy) is 2. The summed E-state index contributed by atoms with van der Waals surface area (Å²) in [6.07, 6.45) is 6.14. The molecule has 3 atom stereocenters. The van der Waals surface area contributed by atoms with Crippen LogP contribution in [0.2, 0.25) is 0 Å². The normalized spacial score (nSPS) is 32.2. The quantitative estimate of drug-likeness (QED) is 0.807. The van der Waals surface area contributed by atoms with Gasteiger partial charge in [-0.15, -0.1) is 0 Å². The summed E-state index contributed by atoms with van der Waals surface area (Å²) in [5.74, 6) is 0.337. The largest absolute Gasteiger partial charge is 0.378 e. The highest BCUT2D eigenvalue weighted by Gasteiger charge is 2.30. The summed E-state index contributed by atoms with van der Waals surface area (Å²) >= 11 is 0. The number of benzene rings is 1. The van der Waals surface area contributed by atoms with Crippen molar-refractivity contribution in [3.8, 4) is 0 Å². The number of hydrogen-bond acceptors (Lipinski definition) is 2. The molecule has 0 spiro atoms. The molecule has 3 rings (SSSR count). The van der Waals surface area contributed by atoms with Crippen molar-refractivity contribution in [1.29, 1.82) is 0 Å². The summed E-state index contributed by atoms with van der Waals surface area (Å²) in [7, 11) is 0. The Hall–Kier alpha value is -0.930. The Morgan fingerprint density at radius 3 is 2.68 bits per heavy atom. The van der Waals surface area contributed by atoms with E-state index in [0.717, 1.165) is 31.6 Å². The molecular weight excluding hydrogens is 243 g/mol. The van der Waals surface area contributed by atoms with Gasteiger partial charge in [-0.3, -0.25) is 0 Å². The molecule has 2 heterocycles. The second-order valence-electron chi connectivity index (χ2n) is 5.62. The fourth-order valence-corrected chi connectivity index (χ4v) is 3.17. The zero-order valence-electron chi connectivity index (χ0n) is 11.2. The van der Waals surface area contributed by atoms with Gasteiger partial charge in [0, 0.05) is 12.5 Å². The zero-order valence-corrected chi connectivity index (χ0v) is 11.2. The van der Waals surface area contributed by atoms with Gasteiger partial charge in [-0.25, -0.2) is 4.39 Å². The molecule has 0 amide bonds. The van der Waals surface area contributed by atoms with Crippen LogP contribution in [-0.2, 0) is 9.47 Å². The second kappa shape index (κ2) is 6.02. The summed E-state index contributed by atoms with van der Waals surface area (Å²) in [4.78, 5) is 0. The van der Waals surface area contributed by atoms with Gasteiger partial charge in [0.05, 0.1) is 18.8 Å². The van der Waals surface area contributed by atoms with Crippen LogP contribution in [0.5, 0.6) is 0 Å². The van der Waals surface area contributed by atoms with Crippen LogP contribution in [0, 0.1) is 11.7 Å². The Bertz CT molecular complexity index is 407. The minimum Gasteiger partial charge on any atom is -0.378 e. The molecule has 0 aliphatic carbocycles. The van der Waals surface area contributed by atoms with Crippen LogP contribution in [0.15, 0.2) is 24.3 Å². The van der Waals surface area contributed by atoms with E-state index in [1.807, 2.05) is 6.07 Å². The Kier molecular flexibility index (Phi) is 4.14. The van der Waals surface area contributed by atoms with Gasteiger partial charge < -0.3 is 9.47 Å². The molecule has 0 N–H and O–H groups in total. The molecule has 3 unspecified atom stereocenters. The van der Waals surface area contributed by atoms with Gasteiger partial charge in [0.25, 0.3) is 0 Å². The van der Waals surface area contributed by atoms with Gasteiger partial charge >= 0.3 is 0 Å². The maximum absolute atomic E-state index is 13.2. The monoisotopic (exact) mass is 264 g/mol. The molecule has 1 aromatic carbocycles. The lowest BCUT2D eigenvalue weighted by atomic mass is 9.88. The van der Waals surface area contributed by atoms with Crippen molar-refractivity contribution in [1.82, 2.24) is 0 Å². The fraction of sp³-hybridized carbons (Fsp3) is 0.625. The van der Waals surface area contributed by atoms with Crippen LogP contribution in [0.3, 0.4) is 0 Å². The van der Waals surface area contributed by atoms with Crippen molar-refractivity contribution >= 4 is 0 Å². The van der Waals surface area contributed by atoms with Crippen LogP contribution in [0.4, 0.5) is 4.39 Å². The van der Waals surface area contributed by atoms with Crippen LogP contribution in [0.1, 0.15) is 43.8 Å². The van der Waals surface area contributed by atoms with Crippen molar-refractivity contribution < 1.29 is 13.9 Å². The van der Waals surface area contributed by atoms with Crippen molar-refractivity contribution in [2.45, 2.75) is 44.3 Å². The van der Waals surface area contributed by atoms with Gasteiger partial charge in [-0.1, -0.05) is 12.1 Å². The first-order valence-corrected chi connectivity index (χ1v) is 7.31. The van der Waals surface area contributed by atoms with Crippen LogP contribution < -0.4 is 0 Å². The number of hydrogen-bond donors (Lipinski definition) is 0. The third kappa shape index (κ3) is 3.15. The molecule has 2 saturated heterocycles. The highest BCUT2D eigenvalue weighted by molar-refractivity contribution is 5.19. The summed E-state index contributed by atoms with van der Waals surface area (Å²) < 4.78 is 25.0. The SMILES string of the molecule is Fc1cccc(C2CCC(C3CCCCO3)CO2)c1. The molecule has 104 valence electrons. The third-order valence-corrected chi connectivity index (χ3v) is 4.27. The van der Waals surface area contributed by atoms with E-state index in [1.54, 1.807) is 12.1 Å². The molecule has 2 aliphatic rings. The summed E-state index contributed by atoms with van der Waals surface area (Å²) in [6, 6.07) is 6.77. The van der Waals surface area contributed by atoms with E-state index in [9.17, 15) is 4.39 Å². The summed E-state index contributed by atoms with van der Waals surface area (Å²) in [5, 5.41) is 0. The highest BCUT2D eigenvalue weighted by atomic mass is 19.1. The van der Waals surface area contributed by atoms with Gasteiger partial charge in [0.2, 0.25) is 0 Å². The van der Waals surface area contributed by atoms with E-state index in [4.69, 9.17) is 9.47 Å². The van der Waals surface area contributed by atoms with Gasteiger partial charge in [-0.05, 0) is 49.8 Å². The predicted octanol–water partition coefficient (Wildman–Crippen LogP) is 3.86. The number of rotatable bonds is 2. The fourth-order valence-electron chi connectivity index (χ4n) is 3.17. The smallest absolute Gasteiger partial charge is 0.123 e. The van der Waals surface area contributed by atoms with Gasteiger partial charge in [-0.2, -0.15) is 0 Å². The molecule has 3 heteroatoms. The van der Waals surface area contributed by atoms with Crippen LogP contribution in [-0.4, -0.2) is 19.3 Å². The van der Waals surface area contributed by atoms with Gasteiger partial charge in [0.15, 0.2) is 0 Å². The van der Waals surface area contributed by atoms with E-state index in [1.165, 1.54) is 25.3 Å². The van der Waals surface area contributed by atoms with Crippen molar-refractivity contribution in [2.75, 3.05) is 13.2 Å². The average Bonchev–Trinajstić information content (AvgIpc) is 2.48. The lowest BCUT2D eigenvalue weighted by molar-refractivity contribution is -0.0919. The topological polar surface area (TPSA) is 18.5 Å². The van der Waals surface area contributed by atoms with Crippen molar-refractivity contribution in [3.63, 3.8) is 0 Å². The average molecular weight is 264 g/mol. The lowest BCUT2D eigenvalue weighted by Crippen LogP contribution is -2.34. The Morgan fingerprint density at radius 2 is 2.00 bits per heavy atom. The van der Waals surface area contributed by atoms with Crippen LogP contribution in [0.25, 0.3) is 0 Å². The van der Waals surface area contributed by atoms with E-state index in [0.29, 0.717) is 12.0 Å². The zero-order chi connectivity index (χ0) is 13.1. The van der Waals surface area contributed by atoms with E-state index < -0.39 is 0 Å². The highest BCUT2D eigenvalue weighted by Crippen LogP contribution is 2.34. The maximum atomic E-state index is 13.2. The minimum absolute atomic E-state index is 0.0514. The Balaban J connectivity index is 1.57. The van der Waals surface area contributed by atoms with E-state index >= 15 is 0 Å². The summed E-state index contributed by atoms with van der Waals surface area (Å²) in [6.45, 7) is 1.64. The van der Waals surface area contributed by atoms with Gasteiger partial charge in [0.1, 0.15) is 5.82 Å². The molecule has 0 bridgehead atoms. The molecule has 2 fully saturated rings. The first-order chi connectivity index (χ1) is 9.33. The predicted molar refractivity (Wildman–Crippen MR) is 71.4 cm³/mol. The lowest BCUT2D eigenvalue weighted by Gasteiger charge is -2.35. The molecule has 0 aromatic heterocycles. The molecular formula is C16H21FO2. The molecule has 0 saturated carbocycles. The summed E-state index contributed by atoms with van der Waals surface area (Å²) in [5.41, 5.74) is 0.961. The maximum Gasteiger partial charge on any atom is 0.123 e. The molecule has 2 aliphatic heterocycles. The van der Waals surface area contributed by atoms with Crippen molar-refractivity contribution in [2.24, 2.45) is 5.92 Å². The molecule has 1 aromatic rings. The molecule has 0 radical (unpaired) electrons. The van der Waals surface area contributed by atoms with Crippen LogP contribution >= 0.6 is 0 Å². The first kappa shape index (κ1) is 13.1. The molecule has 2 nitrogen and oxygen atoms in total. The Morgan fingerprint density at radius 1 is 1.05 bits per heavy atom.